The van der Waals surface area contributed by atoms with Gasteiger partial charge in [-0.3, -0.25) is 4.90 Å². The molecular weight excluding hydrogens is 362 g/mol. The number of aromatic nitrogens is 2. The number of hydrogen-bond acceptors (Lipinski definition) is 5. The van der Waals surface area contributed by atoms with Gasteiger partial charge in [0.25, 0.3) is 0 Å². The summed E-state index contributed by atoms with van der Waals surface area (Å²) in [6.07, 6.45) is 2.95. The lowest BCUT2D eigenvalue weighted by Crippen LogP contribution is -2.46. The van der Waals surface area contributed by atoms with E-state index in [2.05, 4.69) is 17.0 Å². The third-order valence-corrected chi connectivity index (χ3v) is 6.01. The maximum absolute atomic E-state index is 10.3. The average molecular weight is 392 g/mol. The average Bonchev–Trinajstić information content (AvgIpc) is 2.74. The molecule has 1 saturated heterocycles. The first-order chi connectivity index (χ1) is 14.1. The molecule has 1 aliphatic heterocycles. The fraction of sp³-hybridized carbons (Fsp3) is 0.417. The van der Waals surface area contributed by atoms with E-state index < -0.39 is 0 Å². The maximum atomic E-state index is 10.3. The quantitative estimate of drug-likeness (QED) is 0.693. The number of piperidine rings is 1. The van der Waals surface area contributed by atoms with E-state index in [0.29, 0.717) is 0 Å². The van der Waals surface area contributed by atoms with E-state index in [0.717, 1.165) is 67.1 Å². The summed E-state index contributed by atoms with van der Waals surface area (Å²) in [4.78, 5) is 12.0. The number of aliphatic hydroxyl groups excluding tert-OH is 1. The standard InChI is InChI=1S/C24H29N3O2/c1-18-23(26-22-10-4-3-9-21(22)25-18)15-27-12-6-11-24(16-27,17-28)14-19-7-5-8-20(13-19)29-2/h3-5,7-10,13,28H,6,11-12,14-17H2,1-2H3. The first-order valence-corrected chi connectivity index (χ1v) is 10.3. The van der Waals surface area contributed by atoms with Gasteiger partial charge < -0.3 is 9.84 Å². The van der Waals surface area contributed by atoms with Crippen molar-refractivity contribution in [2.24, 2.45) is 5.41 Å². The van der Waals surface area contributed by atoms with Crippen LogP contribution in [0.1, 0.15) is 29.8 Å². The van der Waals surface area contributed by atoms with Gasteiger partial charge in [0.05, 0.1) is 36.1 Å². The maximum Gasteiger partial charge on any atom is 0.119 e. The minimum atomic E-state index is -0.136. The van der Waals surface area contributed by atoms with E-state index in [9.17, 15) is 5.11 Å². The number of aliphatic hydroxyl groups is 1. The lowest BCUT2D eigenvalue weighted by molar-refractivity contribution is 0.0282. The van der Waals surface area contributed by atoms with Gasteiger partial charge in [0.15, 0.2) is 0 Å². The molecule has 152 valence electrons. The highest BCUT2D eigenvalue weighted by molar-refractivity contribution is 5.74. The highest BCUT2D eigenvalue weighted by Gasteiger charge is 2.35. The molecule has 0 saturated carbocycles. The number of rotatable bonds is 6. The molecule has 3 aromatic rings. The first-order valence-electron chi connectivity index (χ1n) is 10.3. The minimum Gasteiger partial charge on any atom is -0.497 e. The smallest absolute Gasteiger partial charge is 0.119 e. The van der Waals surface area contributed by atoms with Crippen molar-refractivity contribution in [2.75, 3.05) is 26.8 Å². The molecule has 1 aromatic heterocycles. The number of methoxy groups -OCH3 is 1. The number of benzene rings is 2. The van der Waals surface area contributed by atoms with E-state index >= 15 is 0 Å². The van der Waals surface area contributed by atoms with Gasteiger partial charge in [0.2, 0.25) is 0 Å². The summed E-state index contributed by atoms with van der Waals surface area (Å²) in [5.41, 5.74) is 4.96. The van der Waals surface area contributed by atoms with E-state index in [1.807, 2.05) is 43.3 Å². The molecule has 1 N–H and O–H groups in total. The molecule has 0 bridgehead atoms. The Morgan fingerprint density at radius 1 is 1.10 bits per heavy atom. The Labute approximate surface area is 172 Å². The third kappa shape index (κ3) is 4.41. The molecule has 0 spiro atoms. The van der Waals surface area contributed by atoms with Crippen molar-refractivity contribution in [3.63, 3.8) is 0 Å². The second-order valence-electron chi connectivity index (χ2n) is 8.25. The summed E-state index contributed by atoms with van der Waals surface area (Å²) in [7, 11) is 1.69. The molecule has 1 unspecified atom stereocenters. The summed E-state index contributed by atoms with van der Waals surface area (Å²) in [6, 6.07) is 16.2. The Kier molecular flexibility index (Phi) is 5.79. The lowest BCUT2D eigenvalue weighted by Gasteiger charge is -2.42. The van der Waals surface area contributed by atoms with Gasteiger partial charge in [-0.2, -0.15) is 0 Å². The lowest BCUT2D eigenvalue weighted by atomic mass is 9.75. The second-order valence-corrected chi connectivity index (χ2v) is 8.25. The fourth-order valence-electron chi connectivity index (χ4n) is 4.48. The summed E-state index contributed by atoms with van der Waals surface area (Å²) in [6.45, 7) is 4.86. The number of fused-ring (bicyclic) bond motifs is 1. The van der Waals surface area contributed by atoms with Crippen molar-refractivity contribution in [1.82, 2.24) is 14.9 Å². The van der Waals surface area contributed by atoms with Gasteiger partial charge in [-0.05, 0) is 62.6 Å². The fourth-order valence-corrected chi connectivity index (χ4v) is 4.48. The highest BCUT2D eigenvalue weighted by atomic mass is 16.5. The summed E-state index contributed by atoms with van der Waals surface area (Å²) in [5, 5.41) is 10.3. The van der Waals surface area contributed by atoms with Crippen LogP contribution in [0.5, 0.6) is 5.75 Å². The summed E-state index contributed by atoms with van der Waals surface area (Å²) >= 11 is 0. The molecule has 5 heteroatoms. The van der Waals surface area contributed by atoms with Crippen molar-refractivity contribution in [3.05, 3.63) is 65.5 Å². The van der Waals surface area contributed by atoms with Crippen molar-refractivity contribution in [1.29, 1.82) is 0 Å². The monoisotopic (exact) mass is 391 g/mol. The van der Waals surface area contributed by atoms with Crippen LogP contribution >= 0.6 is 0 Å². The second kappa shape index (κ2) is 8.47. The number of aryl methyl sites for hydroxylation is 1. The van der Waals surface area contributed by atoms with Crippen LogP contribution in [0.3, 0.4) is 0 Å². The number of hydrogen-bond donors (Lipinski definition) is 1. The number of likely N-dealkylation sites (tertiary alicyclic amines) is 1. The predicted molar refractivity (Wildman–Crippen MR) is 115 cm³/mol. The van der Waals surface area contributed by atoms with Crippen LogP contribution in [0, 0.1) is 12.3 Å². The van der Waals surface area contributed by atoms with Gasteiger partial charge in [0.1, 0.15) is 5.75 Å². The zero-order valence-electron chi connectivity index (χ0n) is 17.3. The zero-order chi connectivity index (χ0) is 20.3. The predicted octanol–water partition coefficient (Wildman–Crippen LogP) is 3.76. The molecule has 5 nitrogen and oxygen atoms in total. The molecule has 2 aromatic carbocycles. The van der Waals surface area contributed by atoms with Crippen LogP contribution < -0.4 is 4.74 Å². The van der Waals surface area contributed by atoms with Crippen LogP contribution in [0.2, 0.25) is 0 Å². The Bertz CT molecular complexity index is 991. The Hall–Kier alpha value is -2.50. The van der Waals surface area contributed by atoms with E-state index in [4.69, 9.17) is 14.7 Å². The third-order valence-electron chi connectivity index (χ3n) is 6.01. The van der Waals surface area contributed by atoms with Crippen LogP contribution in [-0.2, 0) is 13.0 Å². The van der Waals surface area contributed by atoms with Crippen LogP contribution in [0.4, 0.5) is 0 Å². The molecule has 4 rings (SSSR count). The molecule has 0 aliphatic carbocycles. The van der Waals surface area contributed by atoms with Gasteiger partial charge in [-0.1, -0.05) is 24.3 Å². The normalized spacial score (nSPS) is 20.1. The number of nitrogens with zero attached hydrogens (tertiary/aromatic N) is 3. The molecule has 0 radical (unpaired) electrons. The Morgan fingerprint density at radius 3 is 2.66 bits per heavy atom. The van der Waals surface area contributed by atoms with E-state index in [1.165, 1.54) is 5.56 Å². The van der Waals surface area contributed by atoms with Crippen molar-refractivity contribution in [3.8, 4) is 5.75 Å². The molecular formula is C24H29N3O2. The van der Waals surface area contributed by atoms with E-state index in [1.54, 1.807) is 7.11 Å². The summed E-state index contributed by atoms with van der Waals surface area (Å²) < 4.78 is 5.37. The molecule has 2 heterocycles. The molecule has 0 amide bonds. The molecule has 1 atom stereocenters. The van der Waals surface area contributed by atoms with Gasteiger partial charge in [-0.25, -0.2) is 9.97 Å². The van der Waals surface area contributed by atoms with Crippen LogP contribution in [0.25, 0.3) is 11.0 Å². The van der Waals surface area contributed by atoms with Crippen LogP contribution in [0.15, 0.2) is 48.5 Å². The highest BCUT2D eigenvalue weighted by Crippen LogP contribution is 2.34. The zero-order valence-corrected chi connectivity index (χ0v) is 17.3. The molecule has 1 aliphatic rings. The van der Waals surface area contributed by atoms with E-state index in [-0.39, 0.29) is 12.0 Å². The van der Waals surface area contributed by atoms with Gasteiger partial charge in [0, 0.05) is 18.5 Å². The SMILES string of the molecule is COc1cccc(CC2(CO)CCCN(Cc3nc4ccccc4nc3C)C2)c1. The molecule has 29 heavy (non-hydrogen) atoms. The minimum absolute atomic E-state index is 0.136. The van der Waals surface area contributed by atoms with Gasteiger partial charge >= 0.3 is 0 Å². The Morgan fingerprint density at radius 2 is 1.90 bits per heavy atom. The van der Waals surface area contributed by atoms with Gasteiger partial charge in [-0.15, -0.1) is 0 Å². The van der Waals surface area contributed by atoms with Crippen molar-refractivity contribution >= 4 is 11.0 Å². The first kappa shape index (κ1) is 19.8. The topological polar surface area (TPSA) is 58.5 Å². The van der Waals surface area contributed by atoms with Crippen molar-refractivity contribution < 1.29 is 9.84 Å². The largest absolute Gasteiger partial charge is 0.497 e. The number of para-hydroxylation sites is 2. The Balaban J connectivity index is 1.53. The van der Waals surface area contributed by atoms with Crippen LogP contribution in [-0.4, -0.2) is 46.8 Å². The summed E-state index contributed by atoms with van der Waals surface area (Å²) in [5.74, 6) is 0.866. The molecule has 1 fully saturated rings. The van der Waals surface area contributed by atoms with Crippen molar-refractivity contribution in [2.45, 2.75) is 32.7 Å². The number of ether oxygens (including phenoxy) is 1.